The number of carbonyl (C=O) groups is 2. The number of benzene rings is 2. The number of hydrogen-bond acceptors (Lipinski definition) is 4. The molecule has 7 heteroatoms. The van der Waals surface area contributed by atoms with Crippen molar-refractivity contribution in [2.24, 2.45) is 5.92 Å². The van der Waals surface area contributed by atoms with E-state index in [-0.39, 0.29) is 30.3 Å². The summed E-state index contributed by atoms with van der Waals surface area (Å²) in [7, 11) is 0. The molecule has 152 valence electrons. The summed E-state index contributed by atoms with van der Waals surface area (Å²) in [6.45, 7) is 1.46. The maximum absolute atomic E-state index is 12.9. The number of fused-ring (bicyclic) bond motifs is 1. The van der Waals surface area contributed by atoms with Crippen molar-refractivity contribution in [3.05, 3.63) is 65.1 Å². The van der Waals surface area contributed by atoms with Gasteiger partial charge in [-0.05, 0) is 30.3 Å². The molecule has 5 rings (SSSR count). The summed E-state index contributed by atoms with van der Waals surface area (Å²) in [6, 6.07) is 19.3. The zero-order chi connectivity index (χ0) is 20.7. The highest BCUT2D eigenvalue weighted by Crippen LogP contribution is 2.29. The second-order valence-electron chi connectivity index (χ2n) is 7.71. The average Bonchev–Trinajstić information content (AvgIpc) is 3.11. The zero-order valence-electron chi connectivity index (χ0n) is 16.2. The van der Waals surface area contributed by atoms with Crippen LogP contribution in [0.5, 0.6) is 5.88 Å². The number of carbonyl (C=O) groups excluding carboxylic acids is 2. The van der Waals surface area contributed by atoms with Gasteiger partial charge in [0.2, 0.25) is 17.7 Å². The molecule has 1 unspecified atom stereocenters. The van der Waals surface area contributed by atoms with Crippen LogP contribution in [0, 0.1) is 5.92 Å². The van der Waals surface area contributed by atoms with Crippen LogP contribution in [0.1, 0.15) is 6.42 Å². The number of nitrogens with zero attached hydrogens (tertiary/aromatic N) is 3. The van der Waals surface area contributed by atoms with Gasteiger partial charge in [0.15, 0.2) is 0 Å². The highest BCUT2D eigenvalue weighted by atomic mass is 79.9. The Balaban J connectivity index is 1.18. The maximum atomic E-state index is 12.9. The molecule has 0 aliphatic carbocycles. The lowest BCUT2D eigenvalue weighted by atomic mass is 10.0. The first kappa shape index (κ1) is 19.1. The largest absolute Gasteiger partial charge is 0.471 e. The number of rotatable bonds is 4. The molecule has 3 heterocycles. The van der Waals surface area contributed by atoms with Gasteiger partial charge in [-0.15, -0.1) is 0 Å². The quantitative estimate of drug-likeness (QED) is 0.589. The standard InChI is InChI=1S/C23H20BrN3O3/c24-17-5-3-6-18(11-17)27-12-16(10-22(27)28)23(29)26-13-19(14-26)30-21-9-8-15-4-1-2-7-20(15)25-21/h1-9,11,16,19H,10,12-14H2. The molecule has 2 saturated heterocycles. The molecule has 1 aromatic heterocycles. The molecule has 30 heavy (non-hydrogen) atoms. The van der Waals surface area contributed by atoms with Crippen LogP contribution in [0.3, 0.4) is 0 Å². The number of likely N-dealkylation sites (tertiary alicyclic amines) is 1. The molecule has 0 spiro atoms. The van der Waals surface area contributed by atoms with E-state index in [2.05, 4.69) is 20.9 Å². The second kappa shape index (κ2) is 7.72. The van der Waals surface area contributed by atoms with Crippen LogP contribution in [-0.4, -0.2) is 47.4 Å². The monoisotopic (exact) mass is 465 g/mol. The van der Waals surface area contributed by atoms with E-state index >= 15 is 0 Å². The number of pyridine rings is 1. The fraction of sp³-hybridized carbons (Fsp3) is 0.261. The Kier molecular flexibility index (Phi) is 4.90. The van der Waals surface area contributed by atoms with Gasteiger partial charge in [0.25, 0.3) is 0 Å². The summed E-state index contributed by atoms with van der Waals surface area (Å²) in [6.07, 6.45) is 0.181. The Bertz CT molecular complexity index is 1130. The number of amides is 2. The van der Waals surface area contributed by atoms with Gasteiger partial charge in [0.05, 0.1) is 24.5 Å². The third-order valence-electron chi connectivity index (χ3n) is 5.61. The highest BCUT2D eigenvalue weighted by molar-refractivity contribution is 9.10. The Labute approximate surface area is 182 Å². The van der Waals surface area contributed by atoms with Crippen molar-refractivity contribution < 1.29 is 14.3 Å². The van der Waals surface area contributed by atoms with Gasteiger partial charge in [-0.25, -0.2) is 4.98 Å². The highest BCUT2D eigenvalue weighted by Gasteiger charge is 2.41. The van der Waals surface area contributed by atoms with Gasteiger partial charge in [-0.3, -0.25) is 9.59 Å². The lowest BCUT2D eigenvalue weighted by Crippen LogP contribution is -2.57. The fourth-order valence-electron chi connectivity index (χ4n) is 4.00. The van der Waals surface area contributed by atoms with Gasteiger partial charge in [0, 0.05) is 34.6 Å². The van der Waals surface area contributed by atoms with Crippen molar-refractivity contribution in [2.45, 2.75) is 12.5 Å². The van der Waals surface area contributed by atoms with Gasteiger partial charge in [-0.1, -0.05) is 40.2 Å². The van der Waals surface area contributed by atoms with Crippen LogP contribution in [0.2, 0.25) is 0 Å². The number of anilines is 1. The third kappa shape index (κ3) is 3.65. The van der Waals surface area contributed by atoms with Crippen molar-refractivity contribution in [3.8, 4) is 5.88 Å². The molecule has 0 N–H and O–H groups in total. The number of aromatic nitrogens is 1. The fourth-order valence-corrected chi connectivity index (χ4v) is 4.39. The number of ether oxygens (including phenoxy) is 1. The van der Waals surface area contributed by atoms with E-state index in [1.807, 2.05) is 60.7 Å². The summed E-state index contributed by atoms with van der Waals surface area (Å²) in [5.41, 5.74) is 1.70. The molecule has 0 saturated carbocycles. The summed E-state index contributed by atoms with van der Waals surface area (Å²) in [5.74, 6) is 0.270. The molecule has 0 radical (unpaired) electrons. The molecule has 1 atom stereocenters. The Morgan fingerprint density at radius 2 is 1.87 bits per heavy atom. The van der Waals surface area contributed by atoms with E-state index in [4.69, 9.17) is 4.74 Å². The van der Waals surface area contributed by atoms with Crippen molar-refractivity contribution in [1.82, 2.24) is 9.88 Å². The van der Waals surface area contributed by atoms with Gasteiger partial charge >= 0.3 is 0 Å². The normalized spacial score (nSPS) is 19.2. The molecule has 0 bridgehead atoms. The zero-order valence-corrected chi connectivity index (χ0v) is 17.8. The number of hydrogen-bond donors (Lipinski definition) is 0. The van der Waals surface area contributed by atoms with E-state index in [9.17, 15) is 9.59 Å². The molecule has 2 amide bonds. The topological polar surface area (TPSA) is 62.7 Å². The molecule has 2 aliphatic rings. The molecular weight excluding hydrogens is 446 g/mol. The van der Waals surface area contributed by atoms with Gasteiger partial charge < -0.3 is 14.5 Å². The Hall–Kier alpha value is -2.93. The first-order chi connectivity index (χ1) is 14.6. The van der Waals surface area contributed by atoms with Crippen LogP contribution < -0.4 is 9.64 Å². The minimum absolute atomic E-state index is 0.0138. The van der Waals surface area contributed by atoms with Gasteiger partial charge in [0.1, 0.15) is 6.10 Å². The van der Waals surface area contributed by atoms with E-state index < -0.39 is 0 Å². The lowest BCUT2D eigenvalue weighted by Gasteiger charge is -2.39. The first-order valence-electron chi connectivity index (χ1n) is 9.94. The summed E-state index contributed by atoms with van der Waals surface area (Å²) >= 11 is 3.43. The van der Waals surface area contributed by atoms with Crippen LogP contribution >= 0.6 is 15.9 Å². The van der Waals surface area contributed by atoms with Crippen LogP contribution in [-0.2, 0) is 9.59 Å². The van der Waals surface area contributed by atoms with Crippen molar-refractivity contribution in [1.29, 1.82) is 0 Å². The molecular formula is C23H20BrN3O3. The van der Waals surface area contributed by atoms with Crippen LogP contribution in [0.4, 0.5) is 5.69 Å². The molecule has 2 fully saturated rings. The molecule has 6 nitrogen and oxygen atoms in total. The molecule has 2 aliphatic heterocycles. The Morgan fingerprint density at radius 3 is 2.70 bits per heavy atom. The van der Waals surface area contributed by atoms with E-state index in [1.54, 1.807) is 9.80 Å². The summed E-state index contributed by atoms with van der Waals surface area (Å²) < 4.78 is 6.85. The minimum atomic E-state index is -0.309. The average molecular weight is 466 g/mol. The summed E-state index contributed by atoms with van der Waals surface area (Å²) in [5, 5.41) is 1.07. The smallest absolute Gasteiger partial charge is 0.228 e. The van der Waals surface area contributed by atoms with E-state index in [0.29, 0.717) is 25.5 Å². The molecule has 3 aromatic rings. The summed E-state index contributed by atoms with van der Waals surface area (Å²) in [4.78, 5) is 33.3. The predicted octanol–water partition coefficient (Wildman–Crippen LogP) is 3.64. The SMILES string of the molecule is O=C(C1CC(=O)N(c2cccc(Br)c2)C1)N1CC(Oc2ccc3ccccc3n2)C1. The third-order valence-corrected chi connectivity index (χ3v) is 6.11. The van der Waals surface area contributed by atoms with Crippen LogP contribution in [0.15, 0.2) is 65.1 Å². The number of para-hydroxylation sites is 1. The van der Waals surface area contributed by atoms with E-state index in [1.165, 1.54) is 0 Å². The van der Waals surface area contributed by atoms with Crippen LogP contribution in [0.25, 0.3) is 10.9 Å². The maximum Gasteiger partial charge on any atom is 0.228 e. The number of halogens is 1. The predicted molar refractivity (Wildman–Crippen MR) is 117 cm³/mol. The molecule has 2 aromatic carbocycles. The van der Waals surface area contributed by atoms with Crippen molar-refractivity contribution >= 4 is 44.3 Å². The minimum Gasteiger partial charge on any atom is -0.471 e. The lowest BCUT2D eigenvalue weighted by molar-refractivity contribution is -0.144. The first-order valence-corrected chi connectivity index (χ1v) is 10.7. The van der Waals surface area contributed by atoms with Crippen molar-refractivity contribution in [3.63, 3.8) is 0 Å². The van der Waals surface area contributed by atoms with Gasteiger partial charge in [-0.2, -0.15) is 0 Å². The van der Waals surface area contributed by atoms with Crippen molar-refractivity contribution in [2.75, 3.05) is 24.5 Å². The Morgan fingerprint density at radius 1 is 1.03 bits per heavy atom. The van der Waals surface area contributed by atoms with E-state index in [0.717, 1.165) is 21.1 Å². The second-order valence-corrected chi connectivity index (χ2v) is 8.63.